The van der Waals surface area contributed by atoms with Crippen LogP contribution in [0.3, 0.4) is 0 Å². The molecule has 4 nitrogen and oxygen atoms in total. The second-order valence-corrected chi connectivity index (χ2v) is 4.55. The first-order chi connectivity index (χ1) is 9.17. The quantitative estimate of drug-likeness (QED) is 0.898. The van der Waals surface area contributed by atoms with Gasteiger partial charge in [-0.25, -0.2) is 4.98 Å². The molecule has 2 N–H and O–H groups in total. The number of rotatable bonds is 5. The van der Waals surface area contributed by atoms with E-state index >= 15 is 0 Å². The van der Waals surface area contributed by atoms with E-state index in [1.54, 1.807) is 0 Å². The summed E-state index contributed by atoms with van der Waals surface area (Å²) in [6.07, 6.45) is 1.86. The first-order valence-electron chi connectivity index (χ1n) is 6.71. The van der Waals surface area contributed by atoms with Gasteiger partial charge < -0.3 is 15.0 Å². The van der Waals surface area contributed by atoms with Gasteiger partial charge in [0.05, 0.1) is 6.61 Å². The molecule has 0 saturated heterocycles. The van der Waals surface area contributed by atoms with Gasteiger partial charge in [0.2, 0.25) is 0 Å². The molecule has 0 saturated carbocycles. The fourth-order valence-electron chi connectivity index (χ4n) is 2.04. The van der Waals surface area contributed by atoms with Gasteiger partial charge in [0.1, 0.15) is 23.1 Å². The zero-order valence-corrected chi connectivity index (χ0v) is 11.8. The topological polar surface area (TPSA) is 53.1 Å². The Morgan fingerprint density at radius 2 is 2.11 bits per heavy atom. The number of hydrogen-bond acceptors (Lipinski definition) is 3. The number of hydrogen-bond donors (Lipinski definition) is 1. The molecular formula is C15H21N3O. The lowest BCUT2D eigenvalue weighted by Gasteiger charge is -2.06. The van der Waals surface area contributed by atoms with Crippen molar-refractivity contribution in [2.75, 3.05) is 12.3 Å². The van der Waals surface area contributed by atoms with E-state index in [0.29, 0.717) is 5.82 Å². The summed E-state index contributed by atoms with van der Waals surface area (Å²) in [7, 11) is 1.95. The summed E-state index contributed by atoms with van der Waals surface area (Å²) in [6, 6.07) is 7.93. The number of ether oxygens (including phenoxy) is 1. The summed E-state index contributed by atoms with van der Waals surface area (Å²) in [6.45, 7) is 4.89. The predicted octanol–water partition coefficient (Wildman–Crippen LogP) is 3.02. The van der Waals surface area contributed by atoms with Gasteiger partial charge in [0, 0.05) is 19.0 Å². The molecule has 0 fully saturated rings. The molecule has 0 bridgehead atoms. The fraction of sp³-hybridized carbons (Fsp3) is 0.400. The zero-order chi connectivity index (χ0) is 13.8. The minimum absolute atomic E-state index is 0.699. The molecule has 0 unspecified atom stereocenters. The molecule has 0 aliphatic heterocycles. The molecule has 4 heteroatoms. The normalized spacial score (nSPS) is 10.7. The molecule has 2 aromatic rings. The predicted molar refractivity (Wildman–Crippen MR) is 78.2 cm³/mol. The van der Waals surface area contributed by atoms with Crippen molar-refractivity contribution >= 4 is 5.82 Å². The Balaban J connectivity index is 2.36. The first kappa shape index (κ1) is 13.5. The van der Waals surface area contributed by atoms with Gasteiger partial charge >= 0.3 is 0 Å². The smallest absolute Gasteiger partial charge is 0.131 e. The molecule has 1 heterocycles. The third-order valence-corrected chi connectivity index (χ3v) is 3.13. The van der Waals surface area contributed by atoms with E-state index in [-0.39, 0.29) is 0 Å². The SMILES string of the molecule is CCCOc1cccc(-c2nc(CC)n(C)c2N)c1. The number of imidazole rings is 1. The maximum Gasteiger partial charge on any atom is 0.131 e. The van der Waals surface area contributed by atoms with E-state index in [9.17, 15) is 0 Å². The van der Waals surface area contributed by atoms with Crippen molar-refractivity contribution in [1.29, 1.82) is 0 Å². The van der Waals surface area contributed by atoms with Crippen molar-refractivity contribution in [2.24, 2.45) is 7.05 Å². The fourth-order valence-corrected chi connectivity index (χ4v) is 2.04. The lowest BCUT2D eigenvalue weighted by Crippen LogP contribution is -2.00. The Kier molecular flexibility index (Phi) is 4.10. The van der Waals surface area contributed by atoms with Gasteiger partial charge in [-0.2, -0.15) is 0 Å². The largest absolute Gasteiger partial charge is 0.494 e. The zero-order valence-electron chi connectivity index (χ0n) is 11.8. The van der Waals surface area contributed by atoms with Crippen LogP contribution in [0, 0.1) is 0 Å². The summed E-state index contributed by atoms with van der Waals surface area (Å²) < 4.78 is 7.58. The van der Waals surface area contributed by atoms with Gasteiger partial charge in [-0.15, -0.1) is 0 Å². The van der Waals surface area contributed by atoms with E-state index in [0.717, 1.165) is 42.3 Å². The van der Waals surface area contributed by atoms with E-state index < -0.39 is 0 Å². The van der Waals surface area contributed by atoms with Crippen LogP contribution in [0.5, 0.6) is 5.75 Å². The van der Waals surface area contributed by atoms with E-state index in [1.165, 1.54) is 0 Å². The van der Waals surface area contributed by atoms with Crippen molar-refractivity contribution in [2.45, 2.75) is 26.7 Å². The lowest BCUT2D eigenvalue weighted by atomic mass is 10.1. The maximum atomic E-state index is 6.12. The molecular weight excluding hydrogens is 238 g/mol. The van der Waals surface area contributed by atoms with Crippen LogP contribution in [0.15, 0.2) is 24.3 Å². The van der Waals surface area contributed by atoms with E-state index in [1.807, 2.05) is 35.9 Å². The number of aromatic nitrogens is 2. The molecule has 0 spiro atoms. The lowest BCUT2D eigenvalue weighted by molar-refractivity contribution is 0.317. The average molecular weight is 259 g/mol. The summed E-state index contributed by atoms with van der Waals surface area (Å²) in [5, 5.41) is 0. The van der Waals surface area contributed by atoms with Crippen LogP contribution in [0.25, 0.3) is 11.3 Å². The summed E-state index contributed by atoms with van der Waals surface area (Å²) >= 11 is 0. The minimum Gasteiger partial charge on any atom is -0.494 e. The molecule has 102 valence electrons. The number of benzene rings is 1. The van der Waals surface area contributed by atoms with Crippen LogP contribution < -0.4 is 10.5 Å². The Hall–Kier alpha value is -1.97. The Bertz CT molecular complexity index is 561. The standard InChI is InChI=1S/C15H21N3O/c1-4-9-19-12-8-6-7-11(10-12)14-15(16)18(3)13(5-2)17-14/h6-8,10H,4-5,9,16H2,1-3H3. The maximum absolute atomic E-state index is 6.12. The highest BCUT2D eigenvalue weighted by molar-refractivity contribution is 5.72. The van der Waals surface area contributed by atoms with Crippen LogP contribution in [0.2, 0.25) is 0 Å². The van der Waals surface area contributed by atoms with Crippen molar-refractivity contribution in [1.82, 2.24) is 9.55 Å². The average Bonchev–Trinajstić information content (AvgIpc) is 2.73. The van der Waals surface area contributed by atoms with Gasteiger partial charge in [0.25, 0.3) is 0 Å². The molecule has 0 aliphatic carbocycles. The Labute approximate surface area is 114 Å². The van der Waals surface area contributed by atoms with Gasteiger partial charge in [-0.3, -0.25) is 0 Å². The van der Waals surface area contributed by atoms with Crippen molar-refractivity contribution in [3.05, 3.63) is 30.1 Å². The molecule has 19 heavy (non-hydrogen) atoms. The third-order valence-electron chi connectivity index (χ3n) is 3.13. The monoisotopic (exact) mass is 259 g/mol. The Morgan fingerprint density at radius 3 is 2.74 bits per heavy atom. The number of aryl methyl sites for hydroxylation is 1. The number of nitrogens with two attached hydrogens (primary N) is 1. The summed E-state index contributed by atoms with van der Waals surface area (Å²) in [5.41, 5.74) is 7.96. The molecule has 0 aliphatic rings. The minimum atomic E-state index is 0.699. The molecule has 2 rings (SSSR count). The molecule has 1 aromatic carbocycles. The number of nitrogen functional groups attached to an aromatic ring is 1. The Morgan fingerprint density at radius 1 is 1.32 bits per heavy atom. The van der Waals surface area contributed by atoms with Gasteiger partial charge in [-0.1, -0.05) is 26.0 Å². The molecule has 1 aromatic heterocycles. The second kappa shape index (κ2) is 5.78. The number of anilines is 1. The highest BCUT2D eigenvalue weighted by Crippen LogP contribution is 2.28. The van der Waals surface area contributed by atoms with E-state index in [2.05, 4.69) is 18.8 Å². The van der Waals surface area contributed by atoms with Gasteiger partial charge in [0.15, 0.2) is 0 Å². The van der Waals surface area contributed by atoms with Gasteiger partial charge in [-0.05, 0) is 18.6 Å². The van der Waals surface area contributed by atoms with Crippen LogP contribution in [0.4, 0.5) is 5.82 Å². The number of nitrogens with zero attached hydrogens (tertiary/aromatic N) is 2. The summed E-state index contributed by atoms with van der Waals surface area (Å²) in [5.74, 6) is 2.55. The van der Waals surface area contributed by atoms with E-state index in [4.69, 9.17) is 10.5 Å². The molecule has 0 amide bonds. The summed E-state index contributed by atoms with van der Waals surface area (Å²) in [4.78, 5) is 4.60. The molecule has 0 atom stereocenters. The third kappa shape index (κ3) is 2.72. The second-order valence-electron chi connectivity index (χ2n) is 4.55. The highest BCUT2D eigenvalue weighted by atomic mass is 16.5. The van der Waals surface area contributed by atoms with Crippen LogP contribution >= 0.6 is 0 Å². The van der Waals surface area contributed by atoms with Crippen molar-refractivity contribution in [3.8, 4) is 17.0 Å². The van der Waals surface area contributed by atoms with Crippen molar-refractivity contribution in [3.63, 3.8) is 0 Å². The van der Waals surface area contributed by atoms with Crippen molar-refractivity contribution < 1.29 is 4.74 Å². The van der Waals surface area contributed by atoms with Crippen LogP contribution in [0.1, 0.15) is 26.1 Å². The van der Waals surface area contributed by atoms with Crippen LogP contribution in [-0.4, -0.2) is 16.2 Å². The molecule has 0 radical (unpaired) electrons. The first-order valence-corrected chi connectivity index (χ1v) is 6.71. The highest BCUT2D eigenvalue weighted by Gasteiger charge is 2.13. The van der Waals surface area contributed by atoms with Crippen LogP contribution in [-0.2, 0) is 13.5 Å².